The van der Waals surface area contributed by atoms with Crippen molar-refractivity contribution in [2.24, 2.45) is 0 Å². The Bertz CT molecular complexity index is 1230. The fourth-order valence-corrected chi connectivity index (χ4v) is 4.43. The Hall–Kier alpha value is -3.25. The molecule has 0 atom stereocenters. The van der Waals surface area contributed by atoms with Crippen LogP contribution in [0, 0.1) is 11.3 Å². The maximum Gasteiger partial charge on any atom is 0.268 e. The van der Waals surface area contributed by atoms with Gasteiger partial charge in [0.25, 0.3) is 5.91 Å². The first-order chi connectivity index (χ1) is 14.6. The Morgan fingerprint density at radius 3 is 2.77 bits per heavy atom. The van der Waals surface area contributed by atoms with E-state index < -0.39 is 5.91 Å². The van der Waals surface area contributed by atoms with Crippen molar-refractivity contribution in [2.75, 3.05) is 5.32 Å². The van der Waals surface area contributed by atoms with Gasteiger partial charge >= 0.3 is 0 Å². The van der Waals surface area contributed by atoms with Crippen molar-refractivity contribution >= 4 is 51.4 Å². The molecule has 0 aliphatic heterocycles. The van der Waals surface area contributed by atoms with Crippen LogP contribution in [-0.4, -0.2) is 20.7 Å². The van der Waals surface area contributed by atoms with Gasteiger partial charge in [-0.15, -0.1) is 21.5 Å². The van der Waals surface area contributed by atoms with Gasteiger partial charge in [-0.05, 0) is 53.9 Å². The highest BCUT2D eigenvalue weighted by molar-refractivity contribution is 7.15. The van der Waals surface area contributed by atoms with Crippen LogP contribution in [0.1, 0.15) is 15.6 Å². The number of carbonyl (C=O) groups excluding carboxylic acids is 1. The summed E-state index contributed by atoms with van der Waals surface area (Å²) in [6, 6.07) is 16.9. The van der Waals surface area contributed by atoms with Gasteiger partial charge in [0.15, 0.2) is 0 Å². The van der Waals surface area contributed by atoms with Crippen molar-refractivity contribution in [3.8, 4) is 11.8 Å². The number of rotatable bonds is 6. The summed E-state index contributed by atoms with van der Waals surface area (Å²) in [4.78, 5) is 13.8. The highest BCUT2D eigenvalue weighted by Gasteiger charge is 2.14. The molecule has 6 nitrogen and oxygen atoms in total. The lowest BCUT2D eigenvalue weighted by Gasteiger charge is -2.07. The molecule has 0 saturated carbocycles. The predicted octanol–water partition coefficient (Wildman–Crippen LogP) is 5.18. The Morgan fingerprint density at radius 1 is 1.20 bits per heavy atom. The fraction of sp³-hybridized carbons (Fsp3) is 0.0476. The summed E-state index contributed by atoms with van der Waals surface area (Å²) in [6.45, 7) is 0. The number of aromatic nitrogens is 3. The third-order valence-electron chi connectivity index (χ3n) is 4.14. The number of benzene rings is 1. The van der Waals surface area contributed by atoms with Gasteiger partial charge in [-0.1, -0.05) is 29.0 Å². The number of thiophene rings is 1. The van der Waals surface area contributed by atoms with Crippen molar-refractivity contribution < 1.29 is 4.79 Å². The van der Waals surface area contributed by atoms with E-state index >= 15 is 0 Å². The second-order valence-electron chi connectivity index (χ2n) is 6.16. The lowest BCUT2D eigenvalue weighted by molar-refractivity contribution is -0.112. The van der Waals surface area contributed by atoms with E-state index in [0.717, 1.165) is 10.7 Å². The third-order valence-corrected chi connectivity index (χ3v) is 6.10. The van der Waals surface area contributed by atoms with Crippen LogP contribution in [0.5, 0.6) is 0 Å². The van der Waals surface area contributed by atoms with E-state index in [1.165, 1.54) is 22.3 Å². The Balaban J connectivity index is 1.51. The number of hydrogen-bond donors (Lipinski definition) is 1. The Morgan fingerprint density at radius 2 is 2.03 bits per heavy atom. The molecule has 0 fully saturated rings. The predicted molar refractivity (Wildman–Crippen MR) is 120 cm³/mol. The first-order valence-corrected chi connectivity index (χ1v) is 10.9. The van der Waals surface area contributed by atoms with Gasteiger partial charge in [0, 0.05) is 33.9 Å². The highest BCUT2D eigenvalue weighted by Crippen LogP contribution is 2.22. The average molecular weight is 452 g/mol. The van der Waals surface area contributed by atoms with Gasteiger partial charge in [-0.25, -0.2) is 0 Å². The smallest absolute Gasteiger partial charge is 0.268 e. The van der Waals surface area contributed by atoms with Gasteiger partial charge in [0.05, 0.1) is 0 Å². The monoisotopic (exact) mass is 451 g/mol. The summed E-state index contributed by atoms with van der Waals surface area (Å²) in [5.41, 5.74) is 1.54. The molecule has 4 rings (SSSR count). The summed E-state index contributed by atoms with van der Waals surface area (Å²) in [5, 5.41) is 24.1. The molecular weight excluding hydrogens is 438 g/mol. The number of amides is 1. The molecular formula is C21H14ClN5OS2. The van der Waals surface area contributed by atoms with Crippen LogP contribution in [0.4, 0.5) is 5.13 Å². The van der Waals surface area contributed by atoms with Gasteiger partial charge < -0.3 is 4.57 Å². The molecule has 0 bridgehead atoms. The standard InChI is InChI=1S/C21H14ClN5OS2/c22-15-5-7-16(8-6-15)27-9-1-3-17(27)11-14(13-23)20(28)24-21-26-25-19(30-21)12-18-4-2-10-29-18/h1-11H,12H2,(H,24,26,28)/b14-11-. The molecule has 0 radical (unpaired) electrons. The van der Waals surface area contributed by atoms with Crippen LogP contribution in [0.2, 0.25) is 5.02 Å². The van der Waals surface area contributed by atoms with Crippen LogP contribution < -0.4 is 5.32 Å². The van der Waals surface area contributed by atoms with E-state index in [0.29, 0.717) is 22.3 Å². The van der Waals surface area contributed by atoms with E-state index in [2.05, 4.69) is 15.5 Å². The van der Waals surface area contributed by atoms with Crippen molar-refractivity contribution in [1.29, 1.82) is 5.26 Å². The van der Waals surface area contributed by atoms with E-state index in [1.807, 2.05) is 58.6 Å². The second-order valence-corrected chi connectivity index (χ2v) is 8.69. The number of halogens is 1. The minimum atomic E-state index is -0.528. The molecule has 0 saturated heterocycles. The molecule has 0 spiro atoms. The van der Waals surface area contributed by atoms with Crippen molar-refractivity contribution in [3.05, 3.63) is 86.3 Å². The summed E-state index contributed by atoms with van der Waals surface area (Å²) in [5.74, 6) is -0.528. The fourth-order valence-electron chi connectivity index (χ4n) is 2.75. The molecule has 9 heteroatoms. The number of anilines is 1. The average Bonchev–Trinajstić information content (AvgIpc) is 3.50. The topological polar surface area (TPSA) is 83.6 Å². The third kappa shape index (κ3) is 4.66. The molecule has 4 aromatic rings. The summed E-state index contributed by atoms with van der Waals surface area (Å²) in [7, 11) is 0. The second kappa shape index (κ2) is 9.05. The molecule has 1 amide bonds. The van der Waals surface area contributed by atoms with Crippen LogP contribution in [0.3, 0.4) is 0 Å². The first kappa shape index (κ1) is 20.0. The minimum absolute atomic E-state index is 0.0288. The SMILES string of the molecule is N#C/C(=C/c1cccn1-c1ccc(Cl)cc1)C(=O)Nc1nnc(Cc2cccs2)s1. The first-order valence-electron chi connectivity index (χ1n) is 8.83. The zero-order chi connectivity index (χ0) is 20.9. The van der Waals surface area contributed by atoms with E-state index in [9.17, 15) is 10.1 Å². The van der Waals surface area contributed by atoms with Crippen LogP contribution in [-0.2, 0) is 11.2 Å². The summed E-state index contributed by atoms with van der Waals surface area (Å²) in [6.07, 6.45) is 4.06. The lowest BCUT2D eigenvalue weighted by atomic mass is 10.2. The van der Waals surface area contributed by atoms with Gasteiger partial charge in [0.1, 0.15) is 16.6 Å². The van der Waals surface area contributed by atoms with Gasteiger partial charge in [-0.2, -0.15) is 5.26 Å². The lowest BCUT2D eigenvalue weighted by Crippen LogP contribution is -2.13. The number of carbonyl (C=O) groups is 1. The van der Waals surface area contributed by atoms with E-state index in [1.54, 1.807) is 23.5 Å². The molecule has 3 heterocycles. The zero-order valence-corrected chi connectivity index (χ0v) is 17.8. The van der Waals surface area contributed by atoms with Crippen LogP contribution in [0.15, 0.2) is 65.7 Å². The van der Waals surface area contributed by atoms with Gasteiger partial charge in [-0.3, -0.25) is 10.1 Å². The molecule has 0 unspecified atom stereocenters. The maximum absolute atomic E-state index is 12.6. The van der Waals surface area contributed by atoms with E-state index in [4.69, 9.17) is 11.6 Å². The number of nitriles is 1. The molecule has 1 aromatic carbocycles. The van der Waals surface area contributed by atoms with Crippen LogP contribution in [0.25, 0.3) is 11.8 Å². The summed E-state index contributed by atoms with van der Waals surface area (Å²) < 4.78 is 1.87. The molecule has 1 N–H and O–H groups in total. The molecule has 0 aliphatic carbocycles. The van der Waals surface area contributed by atoms with Crippen molar-refractivity contribution in [1.82, 2.24) is 14.8 Å². The number of nitrogens with one attached hydrogen (secondary N) is 1. The largest absolute Gasteiger partial charge is 0.317 e. The highest BCUT2D eigenvalue weighted by atomic mass is 35.5. The van der Waals surface area contributed by atoms with Crippen molar-refractivity contribution in [3.63, 3.8) is 0 Å². The molecule has 30 heavy (non-hydrogen) atoms. The zero-order valence-electron chi connectivity index (χ0n) is 15.4. The minimum Gasteiger partial charge on any atom is -0.317 e. The molecule has 148 valence electrons. The number of nitrogens with zero attached hydrogens (tertiary/aromatic N) is 4. The maximum atomic E-state index is 12.6. The van der Waals surface area contributed by atoms with E-state index in [-0.39, 0.29) is 5.57 Å². The quantitative estimate of drug-likeness (QED) is 0.323. The van der Waals surface area contributed by atoms with Crippen LogP contribution >= 0.6 is 34.3 Å². The Kier molecular flexibility index (Phi) is 6.05. The summed E-state index contributed by atoms with van der Waals surface area (Å²) >= 11 is 8.89. The molecule has 0 aliphatic rings. The normalized spacial score (nSPS) is 11.3. The number of hydrogen-bond acceptors (Lipinski definition) is 6. The van der Waals surface area contributed by atoms with Crippen molar-refractivity contribution in [2.45, 2.75) is 6.42 Å². The van der Waals surface area contributed by atoms with Gasteiger partial charge in [0.2, 0.25) is 5.13 Å². The molecule has 3 aromatic heterocycles. The Labute approximate surface area is 185 Å².